The number of aliphatic hydroxyl groups is 1. The predicted molar refractivity (Wildman–Crippen MR) is 78.7 cm³/mol. The van der Waals surface area contributed by atoms with Crippen LogP contribution in [0.15, 0.2) is 11.6 Å². The number of amides is 1. The summed E-state index contributed by atoms with van der Waals surface area (Å²) in [6.45, 7) is 13.0. The van der Waals surface area contributed by atoms with Crippen molar-refractivity contribution in [3.05, 3.63) is 11.6 Å². The van der Waals surface area contributed by atoms with Gasteiger partial charge in [0.25, 0.3) is 0 Å². The van der Waals surface area contributed by atoms with Crippen molar-refractivity contribution in [3.63, 3.8) is 0 Å². The molecule has 1 saturated carbocycles. The first-order valence-electron chi connectivity index (χ1n) is 7.27. The topological polar surface area (TPSA) is 49.3 Å². The third-order valence-electron chi connectivity index (χ3n) is 4.07. The van der Waals surface area contributed by atoms with Crippen molar-refractivity contribution in [2.75, 3.05) is 6.54 Å². The van der Waals surface area contributed by atoms with Gasteiger partial charge in [0.15, 0.2) is 0 Å². The fourth-order valence-corrected chi connectivity index (χ4v) is 2.90. The van der Waals surface area contributed by atoms with E-state index in [1.54, 1.807) is 6.92 Å². The van der Waals surface area contributed by atoms with Crippen LogP contribution in [0.5, 0.6) is 0 Å². The number of allylic oxidation sites excluding steroid dienone is 2. The SMILES string of the molecule is CC(C)=C[C@@H]1[C@H](C(=O)NC[C@@H](C)C[C@H](C)O)C1(C)C. The number of rotatable bonds is 6. The first-order chi connectivity index (χ1) is 8.66. The predicted octanol–water partition coefficient (Wildman–Crippen LogP) is 2.75. The molecule has 3 nitrogen and oxygen atoms in total. The van der Waals surface area contributed by atoms with Crippen molar-refractivity contribution in [3.8, 4) is 0 Å². The fourth-order valence-electron chi connectivity index (χ4n) is 2.90. The number of hydrogen-bond acceptors (Lipinski definition) is 2. The molecule has 2 N–H and O–H groups in total. The van der Waals surface area contributed by atoms with E-state index in [1.165, 1.54) is 5.57 Å². The maximum atomic E-state index is 12.2. The third-order valence-corrected chi connectivity index (χ3v) is 4.07. The van der Waals surface area contributed by atoms with Crippen LogP contribution in [-0.4, -0.2) is 23.7 Å². The van der Waals surface area contributed by atoms with Gasteiger partial charge >= 0.3 is 0 Å². The molecule has 110 valence electrons. The zero-order valence-corrected chi connectivity index (χ0v) is 13.2. The minimum Gasteiger partial charge on any atom is -0.393 e. The lowest BCUT2D eigenvalue weighted by Gasteiger charge is -2.14. The molecule has 19 heavy (non-hydrogen) atoms. The zero-order valence-electron chi connectivity index (χ0n) is 13.2. The average Bonchev–Trinajstić information content (AvgIpc) is 2.75. The van der Waals surface area contributed by atoms with E-state index in [9.17, 15) is 9.90 Å². The van der Waals surface area contributed by atoms with E-state index >= 15 is 0 Å². The first-order valence-corrected chi connectivity index (χ1v) is 7.27. The summed E-state index contributed by atoms with van der Waals surface area (Å²) in [6, 6.07) is 0. The molecule has 0 unspecified atom stereocenters. The van der Waals surface area contributed by atoms with Crippen molar-refractivity contribution in [1.29, 1.82) is 0 Å². The van der Waals surface area contributed by atoms with E-state index in [-0.39, 0.29) is 23.3 Å². The highest BCUT2D eigenvalue weighted by Gasteiger charge is 2.60. The van der Waals surface area contributed by atoms with E-state index in [2.05, 4.69) is 46.0 Å². The minimum absolute atomic E-state index is 0.0782. The monoisotopic (exact) mass is 267 g/mol. The molecular weight excluding hydrogens is 238 g/mol. The highest BCUT2D eigenvalue weighted by atomic mass is 16.3. The van der Waals surface area contributed by atoms with Gasteiger partial charge in [-0.15, -0.1) is 0 Å². The van der Waals surface area contributed by atoms with E-state index in [0.717, 1.165) is 6.42 Å². The average molecular weight is 267 g/mol. The van der Waals surface area contributed by atoms with E-state index in [4.69, 9.17) is 0 Å². The molecule has 0 aromatic rings. The van der Waals surface area contributed by atoms with Gasteiger partial charge < -0.3 is 10.4 Å². The molecule has 0 aliphatic heterocycles. The minimum atomic E-state index is -0.303. The lowest BCUT2D eigenvalue weighted by molar-refractivity contribution is -0.123. The molecular formula is C16H29NO2. The van der Waals surface area contributed by atoms with Gasteiger partial charge in [0, 0.05) is 6.54 Å². The Labute approximate surface area is 117 Å². The van der Waals surface area contributed by atoms with Crippen LogP contribution in [0.25, 0.3) is 0 Å². The van der Waals surface area contributed by atoms with Crippen LogP contribution in [0.2, 0.25) is 0 Å². The summed E-state index contributed by atoms with van der Waals surface area (Å²) in [5.74, 6) is 0.934. The van der Waals surface area contributed by atoms with Crippen molar-refractivity contribution in [2.24, 2.45) is 23.2 Å². The summed E-state index contributed by atoms with van der Waals surface area (Å²) in [4.78, 5) is 12.2. The summed E-state index contributed by atoms with van der Waals surface area (Å²) >= 11 is 0. The molecule has 0 heterocycles. The molecule has 0 saturated heterocycles. The number of carbonyl (C=O) groups excluding carboxylic acids is 1. The molecule has 1 aliphatic rings. The maximum absolute atomic E-state index is 12.2. The van der Waals surface area contributed by atoms with Gasteiger partial charge in [0.05, 0.1) is 12.0 Å². The Kier molecular flexibility index (Phi) is 5.19. The van der Waals surface area contributed by atoms with Crippen LogP contribution in [0.4, 0.5) is 0 Å². The molecule has 4 atom stereocenters. The van der Waals surface area contributed by atoms with Crippen LogP contribution in [0, 0.1) is 23.2 Å². The van der Waals surface area contributed by atoms with Gasteiger partial charge in [-0.2, -0.15) is 0 Å². The Balaban J connectivity index is 2.45. The normalized spacial score (nSPS) is 27.3. The number of aliphatic hydroxyl groups excluding tert-OH is 1. The number of nitrogens with one attached hydrogen (secondary N) is 1. The molecule has 1 rings (SSSR count). The van der Waals surface area contributed by atoms with Crippen LogP contribution in [-0.2, 0) is 4.79 Å². The van der Waals surface area contributed by atoms with Gasteiger partial charge in [-0.05, 0) is 44.4 Å². The van der Waals surface area contributed by atoms with Crippen LogP contribution in [0.3, 0.4) is 0 Å². The second-order valence-electron chi connectivity index (χ2n) is 7.00. The lowest BCUT2D eigenvalue weighted by Crippen LogP contribution is -2.31. The molecule has 0 radical (unpaired) electrons. The van der Waals surface area contributed by atoms with Crippen LogP contribution < -0.4 is 5.32 Å². The van der Waals surface area contributed by atoms with Crippen molar-refractivity contribution >= 4 is 5.91 Å². The highest BCUT2D eigenvalue weighted by Crippen LogP contribution is 2.59. The second kappa shape index (κ2) is 6.08. The Morgan fingerprint density at radius 1 is 1.37 bits per heavy atom. The smallest absolute Gasteiger partial charge is 0.224 e. The Morgan fingerprint density at radius 3 is 2.42 bits per heavy atom. The van der Waals surface area contributed by atoms with E-state index in [1.807, 2.05) is 0 Å². The zero-order chi connectivity index (χ0) is 14.8. The van der Waals surface area contributed by atoms with Gasteiger partial charge in [0.1, 0.15) is 0 Å². The van der Waals surface area contributed by atoms with Crippen molar-refractivity contribution < 1.29 is 9.90 Å². The summed E-state index contributed by atoms with van der Waals surface area (Å²) in [5.41, 5.74) is 1.35. The number of hydrogen-bond donors (Lipinski definition) is 2. The Bertz CT molecular complexity index is 354. The fraction of sp³-hybridized carbons (Fsp3) is 0.812. The van der Waals surface area contributed by atoms with Crippen molar-refractivity contribution in [1.82, 2.24) is 5.32 Å². The lowest BCUT2D eigenvalue weighted by atomic mass is 10.0. The molecule has 0 aromatic carbocycles. The molecule has 0 aromatic heterocycles. The molecule has 1 aliphatic carbocycles. The van der Waals surface area contributed by atoms with Crippen molar-refractivity contribution in [2.45, 2.75) is 54.1 Å². The first kappa shape index (κ1) is 16.2. The molecule has 0 bridgehead atoms. The summed E-state index contributed by atoms with van der Waals surface area (Å²) in [7, 11) is 0. The third kappa shape index (κ3) is 4.34. The van der Waals surface area contributed by atoms with Gasteiger partial charge in [-0.25, -0.2) is 0 Å². The van der Waals surface area contributed by atoms with E-state index < -0.39 is 0 Å². The largest absolute Gasteiger partial charge is 0.393 e. The molecule has 0 spiro atoms. The highest BCUT2D eigenvalue weighted by molar-refractivity contribution is 5.83. The maximum Gasteiger partial charge on any atom is 0.224 e. The molecule has 3 heteroatoms. The van der Waals surface area contributed by atoms with Gasteiger partial charge in [-0.3, -0.25) is 4.79 Å². The summed E-state index contributed by atoms with van der Waals surface area (Å²) in [6.07, 6.45) is 2.64. The van der Waals surface area contributed by atoms with Gasteiger partial charge in [0.2, 0.25) is 5.91 Å². The van der Waals surface area contributed by atoms with Crippen LogP contribution in [0.1, 0.15) is 48.0 Å². The van der Waals surface area contributed by atoms with Crippen LogP contribution >= 0.6 is 0 Å². The quantitative estimate of drug-likeness (QED) is 0.727. The standard InChI is InChI=1S/C16H29NO2/c1-10(2)7-13-14(16(13,5)6)15(19)17-9-11(3)8-12(4)18/h7,11-14,18H,8-9H2,1-6H3,(H,17,19)/t11-,12-,13+,14+/m0/s1. The summed E-state index contributed by atoms with van der Waals surface area (Å²) < 4.78 is 0. The van der Waals surface area contributed by atoms with E-state index in [0.29, 0.717) is 18.4 Å². The number of carbonyl (C=O) groups is 1. The second-order valence-corrected chi connectivity index (χ2v) is 7.00. The Morgan fingerprint density at radius 2 is 1.95 bits per heavy atom. The molecule has 1 amide bonds. The van der Waals surface area contributed by atoms with Gasteiger partial charge in [-0.1, -0.05) is 32.4 Å². The summed E-state index contributed by atoms with van der Waals surface area (Å²) in [5, 5.41) is 12.3. The molecule has 1 fully saturated rings. The Hall–Kier alpha value is -0.830.